The Morgan fingerprint density at radius 3 is 2.05 bits per heavy atom. The van der Waals surface area contributed by atoms with E-state index in [1.807, 2.05) is 36.4 Å². The van der Waals surface area contributed by atoms with E-state index in [0.29, 0.717) is 0 Å². The van der Waals surface area contributed by atoms with Crippen molar-refractivity contribution in [1.29, 1.82) is 0 Å². The lowest BCUT2D eigenvalue weighted by molar-refractivity contribution is 0.149. The first-order valence-corrected chi connectivity index (χ1v) is 7.35. The maximum Gasteiger partial charge on any atom is 0.119 e. The van der Waals surface area contributed by atoms with Crippen molar-refractivity contribution >= 4 is 0 Å². The van der Waals surface area contributed by atoms with Gasteiger partial charge in [-0.25, -0.2) is 0 Å². The number of hydrogen-bond donors (Lipinski definition) is 1. The molecule has 1 N–H and O–H groups in total. The summed E-state index contributed by atoms with van der Waals surface area (Å²) in [6.45, 7) is 5.22. The molecule has 2 atom stereocenters. The van der Waals surface area contributed by atoms with Crippen molar-refractivity contribution in [2.24, 2.45) is 0 Å². The van der Waals surface area contributed by atoms with Crippen LogP contribution in [0.1, 0.15) is 31.9 Å². The fraction of sp³-hybridized carbons (Fsp3) is 0.333. The van der Waals surface area contributed by atoms with Crippen LogP contribution >= 0.6 is 0 Å². The number of benzene rings is 2. The van der Waals surface area contributed by atoms with E-state index in [2.05, 4.69) is 43.4 Å². The van der Waals surface area contributed by atoms with E-state index in [4.69, 9.17) is 4.74 Å². The molecule has 0 aliphatic rings. The summed E-state index contributed by atoms with van der Waals surface area (Å²) in [6, 6.07) is 20.8. The first kappa shape index (κ1) is 14.6. The molecule has 0 saturated heterocycles. The highest BCUT2D eigenvalue weighted by molar-refractivity contribution is 5.24. The second-order valence-electron chi connectivity index (χ2n) is 4.82. The Kier molecular flexibility index (Phi) is 5.63. The number of rotatable bonds is 7. The molecule has 2 rings (SSSR count). The number of para-hydroxylation sites is 1. The maximum atomic E-state index is 6.17. The van der Waals surface area contributed by atoms with Gasteiger partial charge in [0.1, 0.15) is 11.9 Å². The Hall–Kier alpha value is -1.80. The third kappa shape index (κ3) is 3.84. The third-order valence-corrected chi connectivity index (χ3v) is 3.39. The Morgan fingerprint density at radius 2 is 1.50 bits per heavy atom. The number of nitrogens with one attached hydrogen (secondary N) is 1. The Morgan fingerprint density at radius 1 is 0.900 bits per heavy atom. The predicted molar refractivity (Wildman–Crippen MR) is 84.0 cm³/mol. The molecule has 2 heteroatoms. The largest absolute Gasteiger partial charge is 0.488 e. The lowest BCUT2D eigenvalue weighted by atomic mass is 9.99. The van der Waals surface area contributed by atoms with Crippen molar-refractivity contribution < 1.29 is 4.74 Å². The van der Waals surface area contributed by atoms with Crippen molar-refractivity contribution in [3.8, 4) is 5.75 Å². The van der Waals surface area contributed by atoms with Crippen molar-refractivity contribution in [3.05, 3.63) is 66.2 Å². The molecule has 2 aromatic carbocycles. The zero-order valence-electron chi connectivity index (χ0n) is 12.3. The Bertz CT molecular complexity index is 483. The molecule has 0 radical (unpaired) electrons. The summed E-state index contributed by atoms with van der Waals surface area (Å²) >= 11 is 0. The Balaban J connectivity index is 2.17. The van der Waals surface area contributed by atoms with Crippen LogP contribution in [0.2, 0.25) is 0 Å². The monoisotopic (exact) mass is 269 g/mol. The van der Waals surface area contributed by atoms with Gasteiger partial charge in [-0.05, 0) is 30.7 Å². The van der Waals surface area contributed by atoms with Crippen molar-refractivity contribution in [2.45, 2.75) is 32.4 Å². The first-order chi connectivity index (χ1) is 9.85. The van der Waals surface area contributed by atoms with Gasteiger partial charge >= 0.3 is 0 Å². The molecule has 0 aliphatic carbocycles. The van der Waals surface area contributed by atoms with Gasteiger partial charge in [-0.15, -0.1) is 0 Å². The van der Waals surface area contributed by atoms with E-state index >= 15 is 0 Å². The minimum absolute atomic E-state index is 0.125. The van der Waals surface area contributed by atoms with Crippen LogP contribution in [0.3, 0.4) is 0 Å². The van der Waals surface area contributed by atoms with Crippen molar-refractivity contribution in [1.82, 2.24) is 5.32 Å². The molecular weight excluding hydrogens is 246 g/mol. The molecule has 0 amide bonds. The minimum Gasteiger partial charge on any atom is -0.488 e. The summed E-state index contributed by atoms with van der Waals surface area (Å²) in [7, 11) is 0. The molecule has 0 bridgehead atoms. The minimum atomic E-state index is 0.125. The standard InChI is InChI=1S/C18H23NO/c1-3-17(20-16-13-9-6-10-14-16)18(19-4-2)15-11-7-5-8-12-15/h5-14,17-19H,3-4H2,1-2H3. The van der Waals surface area contributed by atoms with Gasteiger partial charge in [0.25, 0.3) is 0 Å². The quantitative estimate of drug-likeness (QED) is 0.813. The van der Waals surface area contributed by atoms with E-state index in [1.165, 1.54) is 5.56 Å². The summed E-state index contributed by atoms with van der Waals surface area (Å²) in [6.07, 6.45) is 1.08. The summed E-state index contributed by atoms with van der Waals surface area (Å²) in [5.74, 6) is 0.929. The first-order valence-electron chi connectivity index (χ1n) is 7.35. The molecule has 0 aliphatic heterocycles. The summed E-state index contributed by atoms with van der Waals surface area (Å²) in [5, 5.41) is 3.55. The average Bonchev–Trinajstić information content (AvgIpc) is 2.52. The Labute approximate surface area is 121 Å². The molecule has 0 aromatic heterocycles. The van der Waals surface area contributed by atoms with E-state index < -0.39 is 0 Å². The van der Waals surface area contributed by atoms with Crippen LogP contribution in [0.5, 0.6) is 5.75 Å². The topological polar surface area (TPSA) is 21.3 Å². The number of ether oxygens (including phenoxy) is 1. The molecule has 0 heterocycles. The molecule has 0 saturated carbocycles. The second-order valence-corrected chi connectivity index (χ2v) is 4.82. The summed E-state index contributed by atoms with van der Waals surface area (Å²) < 4.78 is 6.17. The van der Waals surface area contributed by atoms with Gasteiger partial charge in [-0.3, -0.25) is 0 Å². The van der Waals surface area contributed by atoms with Crippen LogP contribution in [0.25, 0.3) is 0 Å². The van der Waals surface area contributed by atoms with Gasteiger partial charge in [0, 0.05) is 0 Å². The van der Waals surface area contributed by atoms with Crippen LogP contribution in [-0.2, 0) is 0 Å². The smallest absolute Gasteiger partial charge is 0.119 e. The summed E-state index contributed by atoms with van der Waals surface area (Å²) in [4.78, 5) is 0. The molecule has 106 valence electrons. The normalized spacial score (nSPS) is 13.7. The zero-order chi connectivity index (χ0) is 14.2. The van der Waals surface area contributed by atoms with E-state index in [9.17, 15) is 0 Å². The van der Waals surface area contributed by atoms with Gasteiger partial charge in [-0.2, -0.15) is 0 Å². The second kappa shape index (κ2) is 7.71. The van der Waals surface area contributed by atoms with E-state index in [0.717, 1.165) is 18.7 Å². The van der Waals surface area contributed by atoms with E-state index in [-0.39, 0.29) is 12.1 Å². The lowest BCUT2D eigenvalue weighted by Crippen LogP contribution is -2.35. The van der Waals surface area contributed by atoms with E-state index in [1.54, 1.807) is 0 Å². The van der Waals surface area contributed by atoms with Gasteiger partial charge in [0.05, 0.1) is 6.04 Å². The molecule has 2 unspecified atom stereocenters. The fourth-order valence-electron chi connectivity index (χ4n) is 2.41. The molecule has 2 nitrogen and oxygen atoms in total. The lowest BCUT2D eigenvalue weighted by Gasteiger charge is -2.28. The van der Waals surface area contributed by atoms with Crippen LogP contribution in [0.15, 0.2) is 60.7 Å². The van der Waals surface area contributed by atoms with Crippen LogP contribution in [0, 0.1) is 0 Å². The van der Waals surface area contributed by atoms with Crippen molar-refractivity contribution in [3.63, 3.8) is 0 Å². The number of likely N-dealkylation sites (N-methyl/N-ethyl adjacent to an activating group) is 1. The molecular formula is C18H23NO. The predicted octanol–water partition coefficient (Wildman–Crippen LogP) is 4.19. The zero-order valence-corrected chi connectivity index (χ0v) is 12.3. The van der Waals surface area contributed by atoms with Gasteiger partial charge < -0.3 is 10.1 Å². The van der Waals surface area contributed by atoms with Gasteiger partial charge in [0.2, 0.25) is 0 Å². The highest BCUT2D eigenvalue weighted by atomic mass is 16.5. The third-order valence-electron chi connectivity index (χ3n) is 3.39. The fourth-order valence-corrected chi connectivity index (χ4v) is 2.41. The molecule has 2 aromatic rings. The maximum absolute atomic E-state index is 6.17. The highest BCUT2D eigenvalue weighted by Gasteiger charge is 2.22. The van der Waals surface area contributed by atoms with Crippen LogP contribution in [-0.4, -0.2) is 12.6 Å². The van der Waals surface area contributed by atoms with Gasteiger partial charge in [0.15, 0.2) is 0 Å². The highest BCUT2D eigenvalue weighted by Crippen LogP contribution is 2.24. The SMILES string of the molecule is CCNC(c1ccccc1)C(CC)Oc1ccccc1. The number of hydrogen-bond acceptors (Lipinski definition) is 2. The summed E-state index contributed by atoms with van der Waals surface area (Å²) in [5.41, 5.74) is 1.28. The van der Waals surface area contributed by atoms with Crippen LogP contribution in [0.4, 0.5) is 0 Å². The van der Waals surface area contributed by atoms with Crippen LogP contribution < -0.4 is 10.1 Å². The van der Waals surface area contributed by atoms with Crippen molar-refractivity contribution in [2.75, 3.05) is 6.54 Å². The van der Waals surface area contributed by atoms with Gasteiger partial charge in [-0.1, -0.05) is 62.4 Å². The molecule has 0 fully saturated rings. The molecule has 20 heavy (non-hydrogen) atoms. The average molecular weight is 269 g/mol. The molecule has 0 spiro atoms.